The molecule has 6 nitrogen and oxygen atoms in total. The molecule has 0 spiro atoms. The highest BCUT2D eigenvalue weighted by molar-refractivity contribution is 6.31. The normalized spacial score (nSPS) is 11.4. The summed E-state index contributed by atoms with van der Waals surface area (Å²) >= 11 is 6.25. The molecule has 0 aliphatic rings. The molecule has 168 valence electrons. The Kier molecular flexibility index (Phi) is 10.3. The standard InChI is InChI=1S/C22H32ClN2O4.BrH/c1-16(2)19-14-20(23)17(3)13-21(19)28-12-8-6-7-11-25(4,5)15-18-9-10-22(29-18)24(26)27;/h9-10,13-14,16H,6-8,11-12,15H2,1-5H3;1H/q+1;/p-1. The zero-order valence-electron chi connectivity index (χ0n) is 18.4. The number of aryl methyl sites for hydroxylation is 1. The molecule has 0 atom stereocenters. The molecule has 0 unspecified atom stereocenters. The summed E-state index contributed by atoms with van der Waals surface area (Å²) in [5.74, 6) is 1.73. The molecular formula is C22H32BrClN2O4. The molecule has 0 bridgehead atoms. The van der Waals surface area contributed by atoms with Gasteiger partial charge in [-0.25, -0.2) is 0 Å². The molecular weight excluding hydrogens is 472 g/mol. The van der Waals surface area contributed by atoms with Crippen LogP contribution in [0.25, 0.3) is 0 Å². The third kappa shape index (κ3) is 7.93. The van der Waals surface area contributed by atoms with Crippen molar-refractivity contribution in [3.05, 3.63) is 56.3 Å². The number of nitro groups is 1. The van der Waals surface area contributed by atoms with Crippen molar-refractivity contribution < 1.29 is 35.5 Å². The van der Waals surface area contributed by atoms with Gasteiger partial charge in [-0.2, -0.15) is 0 Å². The number of nitrogens with zero attached hydrogens (tertiary/aromatic N) is 2. The van der Waals surface area contributed by atoms with Crippen molar-refractivity contribution in [1.29, 1.82) is 0 Å². The fraction of sp³-hybridized carbons (Fsp3) is 0.545. The smallest absolute Gasteiger partial charge is 0.433 e. The molecule has 1 aromatic carbocycles. The zero-order valence-corrected chi connectivity index (χ0v) is 20.8. The second-order valence-corrected chi connectivity index (χ2v) is 8.92. The average Bonchev–Trinajstić information content (AvgIpc) is 3.08. The average molecular weight is 504 g/mol. The number of hydrogen-bond donors (Lipinski definition) is 0. The highest BCUT2D eigenvalue weighted by atomic mass is 79.9. The van der Waals surface area contributed by atoms with Crippen LogP contribution in [0.4, 0.5) is 5.88 Å². The van der Waals surface area contributed by atoms with Crippen LogP contribution in [-0.4, -0.2) is 36.7 Å². The molecule has 30 heavy (non-hydrogen) atoms. The molecule has 1 aromatic heterocycles. The summed E-state index contributed by atoms with van der Waals surface area (Å²) in [5.41, 5.74) is 2.18. The van der Waals surface area contributed by atoms with Crippen molar-refractivity contribution in [1.82, 2.24) is 0 Å². The van der Waals surface area contributed by atoms with E-state index >= 15 is 0 Å². The van der Waals surface area contributed by atoms with Crippen molar-refractivity contribution in [2.24, 2.45) is 0 Å². The maximum absolute atomic E-state index is 10.7. The molecule has 1 heterocycles. The lowest BCUT2D eigenvalue weighted by Gasteiger charge is -2.28. The number of ether oxygens (including phenoxy) is 1. The Morgan fingerprint density at radius 3 is 2.50 bits per heavy atom. The van der Waals surface area contributed by atoms with Crippen molar-refractivity contribution in [3.8, 4) is 5.75 Å². The van der Waals surface area contributed by atoms with E-state index in [-0.39, 0.29) is 22.9 Å². The Labute approximate surface area is 194 Å². The predicted molar refractivity (Wildman–Crippen MR) is 116 cm³/mol. The van der Waals surface area contributed by atoms with Gasteiger partial charge in [-0.1, -0.05) is 25.4 Å². The Bertz CT molecular complexity index is 837. The van der Waals surface area contributed by atoms with Gasteiger partial charge in [0, 0.05) is 5.02 Å². The topological polar surface area (TPSA) is 65.5 Å². The largest absolute Gasteiger partial charge is 1.00 e. The lowest BCUT2D eigenvalue weighted by molar-refractivity contribution is -0.904. The number of rotatable bonds is 11. The van der Waals surface area contributed by atoms with E-state index in [4.69, 9.17) is 20.8 Å². The van der Waals surface area contributed by atoms with Crippen LogP contribution in [-0.2, 0) is 6.54 Å². The highest BCUT2D eigenvalue weighted by Gasteiger charge is 2.20. The van der Waals surface area contributed by atoms with Gasteiger partial charge in [0.1, 0.15) is 17.2 Å². The third-order valence-corrected chi connectivity index (χ3v) is 5.40. The van der Waals surface area contributed by atoms with Gasteiger partial charge in [0.05, 0.1) is 33.3 Å². The Morgan fingerprint density at radius 2 is 1.90 bits per heavy atom. The molecule has 2 aromatic rings. The Hall–Kier alpha value is -1.57. The maximum Gasteiger partial charge on any atom is 0.433 e. The molecule has 8 heteroatoms. The first-order valence-corrected chi connectivity index (χ1v) is 10.4. The monoisotopic (exact) mass is 502 g/mol. The first-order chi connectivity index (χ1) is 13.6. The van der Waals surface area contributed by atoms with E-state index in [1.54, 1.807) is 6.07 Å². The van der Waals surface area contributed by atoms with Gasteiger partial charge in [-0.05, 0) is 61.4 Å². The van der Waals surface area contributed by atoms with Gasteiger partial charge in [0.25, 0.3) is 0 Å². The van der Waals surface area contributed by atoms with Crippen LogP contribution in [0.5, 0.6) is 5.75 Å². The Morgan fingerprint density at radius 1 is 1.20 bits per heavy atom. The molecule has 0 amide bonds. The number of unbranched alkanes of at least 4 members (excludes halogenated alkanes) is 2. The van der Waals surface area contributed by atoms with Crippen molar-refractivity contribution >= 4 is 17.5 Å². The van der Waals surface area contributed by atoms with E-state index in [0.29, 0.717) is 24.8 Å². The molecule has 0 aliphatic heterocycles. The van der Waals surface area contributed by atoms with Crippen LogP contribution < -0.4 is 21.7 Å². The molecule has 0 aliphatic carbocycles. The number of quaternary nitrogens is 1. The maximum atomic E-state index is 10.7. The third-order valence-electron chi connectivity index (χ3n) is 4.99. The summed E-state index contributed by atoms with van der Waals surface area (Å²) in [4.78, 5) is 10.2. The fourth-order valence-corrected chi connectivity index (χ4v) is 3.47. The molecule has 0 radical (unpaired) electrons. The van der Waals surface area contributed by atoms with Gasteiger partial charge in [-0.15, -0.1) is 0 Å². The minimum Gasteiger partial charge on any atom is -1.00 e. The number of benzene rings is 1. The lowest BCUT2D eigenvalue weighted by atomic mass is 10.0. The van der Waals surface area contributed by atoms with Gasteiger partial charge in [-0.3, -0.25) is 10.1 Å². The molecule has 0 N–H and O–H groups in total. The molecule has 0 saturated heterocycles. The van der Waals surface area contributed by atoms with Crippen molar-refractivity contribution in [2.75, 3.05) is 27.2 Å². The van der Waals surface area contributed by atoms with E-state index < -0.39 is 4.92 Å². The summed E-state index contributed by atoms with van der Waals surface area (Å²) in [6.07, 6.45) is 3.09. The summed E-state index contributed by atoms with van der Waals surface area (Å²) in [6.45, 7) is 8.55. The molecule has 2 rings (SSSR count). The minimum absolute atomic E-state index is 0. The van der Waals surface area contributed by atoms with Crippen molar-refractivity contribution in [2.45, 2.75) is 52.5 Å². The second-order valence-electron chi connectivity index (χ2n) is 8.52. The summed E-state index contributed by atoms with van der Waals surface area (Å²) in [6, 6.07) is 7.14. The van der Waals surface area contributed by atoms with Crippen LogP contribution in [0.1, 0.15) is 55.9 Å². The van der Waals surface area contributed by atoms with Gasteiger partial charge >= 0.3 is 5.88 Å². The number of furan rings is 1. The molecule has 0 saturated carbocycles. The predicted octanol–water partition coefficient (Wildman–Crippen LogP) is 3.10. The van der Waals surface area contributed by atoms with E-state index in [2.05, 4.69) is 27.9 Å². The number of hydrogen-bond acceptors (Lipinski definition) is 4. The van der Waals surface area contributed by atoms with E-state index in [0.717, 1.165) is 52.2 Å². The molecule has 0 fully saturated rings. The van der Waals surface area contributed by atoms with Gasteiger partial charge < -0.3 is 30.6 Å². The van der Waals surface area contributed by atoms with Gasteiger partial charge in [0.15, 0.2) is 5.76 Å². The highest BCUT2D eigenvalue weighted by Crippen LogP contribution is 2.32. The van der Waals surface area contributed by atoms with Crippen LogP contribution in [0.2, 0.25) is 5.02 Å². The summed E-state index contributed by atoms with van der Waals surface area (Å²) < 4.78 is 12.0. The van der Waals surface area contributed by atoms with Crippen LogP contribution >= 0.6 is 11.6 Å². The van der Waals surface area contributed by atoms with E-state index in [1.807, 2.05) is 19.1 Å². The van der Waals surface area contributed by atoms with E-state index in [9.17, 15) is 10.1 Å². The van der Waals surface area contributed by atoms with Gasteiger partial charge in [0.2, 0.25) is 0 Å². The number of halogens is 2. The van der Waals surface area contributed by atoms with E-state index in [1.165, 1.54) is 6.07 Å². The van der Waals surface area contributed by atoms with Crippen LogP contribution in [0, 0.1) is 17.0 Å². The lowest BCUT2D eigenvalue weighted by Crippen LogP contribution is -3.00. The fourth-order valence-electron chi connectivity index (χ4n) is 3.30. The quantitative estimate of drug-likeness (QED) is 0.205. The Balaban J connectivity index is 0.00000450. The minimum atomic E-state index is -0.504. The van der Waals surface area contributed by atoms with Crippen LogP contribution in [0.3, 0.4) is 0 Å². The van der Waals surface area contributed by atoms with Crippen LogP contribution in [0.15, 0.2) is 28.7 Å². The van der Waals surface area contributed by atoms with Crippen molar-refractivity contribution in [3.63, 3.8) is 0 Å². The summed E-state index contributed by atoms with van der Waals surface area (Å²) in [7, 11) is 4.21. The second kappa shape index (κ2) is 11.7. The first-order valence-electron chi connectivity index (χ1n) is 10.1. The SMILES string of the molecule is Cc1cc(OCCCCC[N+](C)(C)Cc2ccc([N+](=O)[O-])o2)c(C(C)C)cc1Cl.[Br-]. The first kappa shape index (κ1) is 26.5. The summed E-state index contributed by atoms with van der Waals surface area (Å²) in [5, 5.41) is 11.5. The zero-order chi connectivity index (χ0) is 21.6.